The van der Waals surface area contributed by atoms with Crippen molar-refractivity contribution in [1.82, 2.24) is 9.88 Å². The lowest BCUT2D eigenvalue weighted by Crippen LogP contribution is -2.38. The van der Waals surface area contributed by atoms with Gasteiger partial charge in [0.1, 0.15) is 11.6 Å². The van der Waals surface area contributed by atoms with Crippen LogP contribution in [-0.4, -0.2) is 21.5 Å². The molecule has 0 aliphatic rings. The Kier molecular flexibility index (Phi) is 6.82. The first kappa shape index (κ1) is 19.2. The molecule has 0 amide bonds. The van der Waals surface area contributed by atoms with Crippen molar-refractivity contribution in [3.8, 4) is 0 Å². The van der Waals surface area contributed by atoms with Crippen molar-refractivity contribution in [3.05, 3.63) is 59.9 Å². The summed E-state index contributed by atoms with van der Waals surface area (Å²) in [5.41, 5.74) is 1.19. The van der Waals surface area contributed by atoms with Crippen molar-refractivity contribution in [2.45, 2.75) is 33.2 Å². The normalized spacial score (nSPS) is 12.1. The zero-order valence-corrected chi connectivity index (χ0v) is 15.5. The molecule has 0 bridgehead atoms. The van der Waals surface area contributed by atoms with Gasteiger partial charge in [0.25, 0.3) is 0 Å². The second kappa shape index (κ2) is 8.85. The molecule has 0 saturated carbocycles. The van der Waals surface area contributed by atoms with E-state index in [0.717, 1.165) is 24.7 Å². The van der Waals surface area contributed by atoms with Gasteiger partial charge in [-0.1, -0.05) is 19.9 Å². The maximum atomic E-state index is 13.4. The highest BCUT2D eigenvalue weighted by atomic mass is 32.1. The summed E-state index contributed by atoms with van der Waals surface area (Å²) < 4.78 is 26.8. The number of hydrogen-bond acceptors (Lipinski definition) is 2. The van der Waals surface area contributed by atoms with Gasteiger partial charge < -0.3 is 10.2 Å². The topological polar surface area (TPSA) is 28.2 Å². The minimum absolute atomic E-state index is 0.0571. The molecule has 2 rings (SSSR count). The van der Waals surface area contributed by atoms with Crippen molar-refractivity contribution in [3.63, 3.8) is 0 Å². The Balaban J connectivity index is 2.19. The minimum atomic E-state index is -0.642. The molecule has 25 heavy (non-hydrogen) atoms. The van der Waals surface area contributed by atoms with Crippen LogP contribution in [0.3, 0.4) is 0 Å². The van der Waals surface area contributed by atoms with Crippen molar-refractivity contribution >= 4 is 23.0 Å². The largest absolute Gasteiger partial charge is 0.341 e. The van der Waals surface area contributed by atoms with Crippen LogP contribution in [0.1, 0.15) is 38.9 Å². The summed E-state index contributed by atoms with van der Waals surface area (Å²) in [5.74, 6) is -0.776. The predicted molar refractivity (Wildman–Crippen MR) is 101 cm³/mol. The number of nitrogens with zero attached hydrogens (tertiary/aromatic N) is 2. The highest BCUT2D eigenvalue weighted by Gasteiger charge is 2.20. The van der Waals surface area contributed by atoms with Gasteiger partial charge in [0.2, 0.25) is 0 Å². The van der Waals surface area contributed by atoms with Gasteiger partial charge in [-0.2, -0.15) is 0 Å². The number of thiocarbonyl (C=S) groups is 1. The molecule has 2 aromatic rings. The summed E-state index contributed by atoms with van der Waals surface area (Å²) in [7, 11) is 0. The maximum Gasteiger partial charge on any atom is 0.173 e. The van der Waals surface area contributed by atoms with E-state index < -0.39 is 11.6 Å². The number of nitrogens with one attached hydrogen (secondary N) is 1. The Morgan fingerprint density at radius 1 is 1.16 bits per heavy atom. The number of aromatic nitrogens is 1. The molecule has 1 heterocycles. The molecule has 3 nitrogen and oxygen atoms in total. The van der Waals surface area contributed by atoms with Crippen LogP contribution in [0.4, 0.5) is 14.5 Å². The fourth-order valence-corrected chi connectivity index (χ4v) is 2.84. The number of rotatable bonds is 6. The molecule has 134 valence electrons. The van der Waals surface area contributed by atoms with Crippen LogP contribution in [0, 0.1) is 17.6 Å². The molecule has 0 saturated heterocycles. The standard InChI is InChI=1S/C19H23F2N3S/c1-13(2)7-9-24(14(3)18-6-4-5-8-22-18)19(25)23-17-11-15(20)10-16(21)12-17/h4-6,8,10-14H,7,9H2,1-3H3,(H,23,25)/t14-/m1/s1. The van der Waals surface area contributed by atoms with E-state index in [0.29, 0.717) is 16.7 Å². The summed E-state index contributed by atoms with van der Waals surface area (Å²) in [6, 6.07) is 8.96. The first-order valence-electron chi connectivity index (χ1n) is 8.31. The molecule has 0 unspecified atom stereocenters. The number of anilines is 1. The Labute approximate surface area is 153 Å². The highest BCUT2D eigenvalue weighted by Crippen LogP contribution is 2.22. The number of halogens is 2. The molecule has 6 heteroatoms. The third kappa shape index (κ3) is 5.74. The van der Waals surface area contributed by atoms with Crippen molar-refractivity contribution in [1.29, 1.82) is 0 Å². The van der Waals surface area contributed by atoms with E-state index in [1.807, 2.05) is 30.0 Å². The van der Waals surface area contributed by atoms with Crippen LogP contribution in [0.25, 0.3) is 0 Å². The molecule has 0 aliphatic carbocycles. The second-order valence-corrected chi connectivity index (χ2v) is 6.78. The summed E-state index contributed by atoms with van der Waals surface area (Å²) in [5, 5.41) is 3.37. The van der Waals surface area contributed by atoms with E-state index in [4.69, 9.17) is 12.2 Å². The average Bonchev–Trinajstić information content (AvgIpc) is 2.54. The van der Waals surface area contributed by atoms with Gasteiger partial charge in [-0.25, -0.2) is 8.78 Å². The Hall–Kier alpha value is -2.08. The van der Waals surface area contributed by atoms with Crippen LogP contribution < -0.4 is 5.32 Å². The third-order valence-corrected chi connectivity index (χ3v) is 4.24. The van der Waals surface area contributed by atoms with E-state index in [9.17, 15) is 8.78 Å². The second-order valence-electron chi connectivity index (χ2n) is 6.39. The monoisotopic (exact) mass is 363 g/mol. The molecule has 0 fully saturated rings. The van der Waals surface area contributed by atoms with Gasteiger partial charge in [-0.05, 0) is 55.7 Å². The highest BCUT2D eigenvalue weighted by molar-refractivity contribution is 7.80. The third-order valence-electron chi connectivity index (χ3n) is 3.91. The fourth-order valence-electron chi connectivity index (χ4n) is 2.47. The summed E-state index contributed by atoms with van der Waals surface area (Å²) >= 11 is 5.51. The minimum Gasteiger partial charge on any atom is -0.341 e. The van der Waals surface area contributed by atoms with Gasteiger partial charge in [0.05, 0.1) is 11.7 Å². The lowest BCUT2D eigenvalue weighted by atomic mass is 10.1. The van der Waals surface area contributed by atoms with Gasteiger partial charge in [0, 0.05) is 24.5 Å². The number of pyridine rings is 1. The number of hydrogen-bond donors (Lipinski definition) is 1. The van der Waals surface area contributed by atoms with Crippen LogP contribution in [0.5, 0.6) is 0 Å². The molecule has 1 atom stereocenters. The van der Waals surface area contributed by atoms with Gasteiger partial charge >= 0.3 is 0 Å². The summed E-state index contributed by atoms with van der Waals surface area (Å²) in [4.78, 5) is 6.40. The Morgan fingerprint density at radius 2 is 1.84 bits per heavy atom. The van der Waals surface area contributed by atoms with Crippen LogP contribution in [-0.2, 0) is 0 Å². The van der Waals surface area contributed by atoms with Crippen molar-refractivity contribution in [2.24, 2.45) is 5.92 Å². The molecular weight excluding hydrogens is 340 g/mol. The first-order valence-corrected chi connectivity index (χ1v) is 8.72. The van der Waals surface area contributed by atoms with Crippen molar-refractivity contribution in [2.75, 3.05) is 11.9 Å². The molecule has 0 spiro atoms. The predicted octanol–water partition coefficient (Wildman–Crippen LogP) is 5.17. The van der Waals surface area contributed by atoms with E-state index >= 15 is 0 Å². The van der Waals surface area contributed by atoms with Gasteiger partial charge in [-0.15, -0.1) is 0 Å². The average molecular weight is 363 g/mol. The lowest BCUT2D eigenvalue weighted by Gasteiger charge is -2.32. The zero-order chi connectivity index (χ0) is 18.4. The Bertz CT molecular complexity index is 687. The maximum absolute atomic E-state index is 13.4. The summed E-state index contributed by atoms with van der Waals surface area (Å²) in [6.07, 6.45) is 2.68. The molecular formula is C19H23F2N3S. The molecule has 1 aromatic heterocycles. The van der Waals surface area contributed by atoms with E-state index in [1.54, 1.807) is 6.20 Å². The van der Waals surface area contributed by atoms with E-state index in [-0.39, 0.29) is 6.04 Å². The van der Waals surface area contributed by atoms with Gasteiger partial charge in [-0.3, -0.25) is 4.98 Å². The SMILES string of the molecule is CC(C)CCN(C(=S)Nc1cc(F)cc(F)c1)[C@H](C)c1ccccn1. The fraction of sp³-hybridized carbons (Fsp3) is 0.368. The Morgan fingerprint density at radius 3 is 2.40 bits per heavy atom. The van der Waals surface area contributed by atoms with Crippen LogP contribution in [0.2, 0.25) is 0 Å². The molecule has 1 N–H and O–H groups in total. The molecule has 1 aromatic carbocycles. The lowest BCUT2D eigenvalue weighted by molar-refractivity contribution is 0.313. The van der Waals surface area contributed by atoms with E-state index in [2.05, 4.69) is 24.1 Å². The molecule has 0 aliphatic heterocycles. The first-order chi connectivity index (χ1) is 11.9. The molecule has 0 radical (unpaired) electrons. The quantitative estimate of drug-likeness (QED) is 0.717. The zero-order valence-electron chi connectivity index (χ0n) is 14.7. The van der Waals surface area contributed by atoms with E-state index in [1.165, 1.54) is 12.1 Å². The van der Waals surface area contributed by atoms with Crippen LogP contribution >= 0.6 is 12.2 Å². The van der Waals surface area contributed by atoms with Gasteiger partial charge in [0.15, 0.2) is 5.11 Å². The summed E-state index contributed by atoms with van der Waals surface area (Å²) in [6.45, 7) is 7.02. The number of benzene rings is 1. The smallest absolute Gasteiger partial charge is 0.173 e. The van der Waals surface area contributed by atoms with Crippen molar-refractivity contribution < 1.29 is 8.78 Å². The van der Waals surface area contributed by atoms with Crippen LogP contribution in [0.15, 0.2) is 42.6 Å².